The molecule has 0 radical (unpaired) electrons. The Hall–Kier alpha value is -1.79. The van der Waals surface area contributed by atoms with E-state index < -0.39 is 0 Å². The van der Waals surface area contributed by atoms with Gasteiger partial charge in [0, 0.05) is 25.2 Å². The number of aliphatic hydroxyl groups is 1. The second kappa shape index (κ2) is 6.54. The summed E-state index contributed by atoms with van der Waals surface area (Å²) in [7, 11) is 0. The molecule has 3 rings (SSSR count). The van der Waals surface area contributed by atoms with Gasteiger partial charge in [-0.3, -0.25) is 9.78 Å². The molecule has 3 heterocycles. The highest BCUT2D eigenvalue weighted by atomic mass is 32.1. The summed E-state index contributed by atoms with van der Waals surface area (Å²) in [6.07, 6.45) is 4.89. The third-order valence-corrected chi connectivity index (χ3v) is 5.04. The number of aromatic nitrogens is 2. The zero-order chi connectivity index (χ0) is 15.5. The zero-order valence-corrected chi connectivity index (χ0v) is 13.3. The molecule has 5 nitrogen and oxygen atoms in total. The molecule has 1 aliphatic heterocycles. The minimum Gasteiger partial charge on any atom is -0.393 e. The molecule has 0 spiro atoms. The van der Waals surface area contributed by atoms with E-state index in [9.17, 15) is 9.90 Å². The maximum atomic E-state index is 12.6. The van der Waals surface area contributed by atoms with Gasteiger partial charge in [0.25, 0.3) is 5.91 Å². The lowest BCUT2D eigenvalue weighted by molar-refractivity contribution is 0.0469. The molecule has 1 aliphatic rings. The minimum absolute atomic E-state index is 0.00466. The number of piperidine rings is 1. The van der Waals surface area contributed by atoms with Gasteiger partial charge < -0.3 is 10.0 Å². The molecule has 1 saturated heterocycles. The van der Waals surface area contributed by atoms with Gasteiger partial charge in [0.15, 0.2) is 0 Å². The fourth-order valence-corrected chi connectivity index (χ4v) is 3.59. The van der Waals surface area contributed by atoms with E-state index in [0.717, 1.165) is 30.1 Å². The van der Waals surface area contributed by atoms with Gasteiger partial charge in [-0.05, 0) is 31.9 Å². The first kappa shape index (κ1) is 15.1. The second-order valence-electron chi connectivity index (χ2n) is 5.64. The molecule has 0 aromatic carbocycles. The van der Waals surface area contributed by atoms with E-state index in [0.29, 0.717) is 11.4 Å². The van der Waals surface area contributed by atoms with Crippen molar-refractivity contribution in [2.75, 3.05) is 13.1 Å². The fraction of sp³-hybridized carbons (Fsp3) is 0.438. The number of rotatable bonds is 3. The molecule has 22 heavy (non-hydrogen) atoms. The normalized spacial score (nSPS) is 19.9. The van der Waals surface area contributed by atoms with Gasteiger partial charge in [-0.2, -0.15) is 0 Å². The maximum Gasteiger partial charge on any atom is 0.265 e. The van der Waals surface area contributed by atoms with E-state index in [-0.39, 0.29) is 17.9 Å². The summed E-state index contributed by atoms with van der Waals surface area (Å²) in [6.45, 7) is 3.16. The van der Waals surface area contributed by atoms with Gasteiger partial charge in [0.05, 0.1) is 18.0 Å². The Bertz CT molecular complexity index is 642. The van der Waals surface area contributed by atoms with Gasteiger partial charge in [-0.15, -0.1) is 11.3 Å². The highest BCUT2D eigenvalue weighted by Gasteiger charge is 2.28. The number of thiazole rings is 1. The Labute approximate surface area is 133 Å². The summed E-state index contributed by atoms with van der Waals surface area (Å²) in [4.78, 5) is 23.6. The smallest absolute Gasteiger partial charge is 0.265 e. The Morgan fingerprint density at radius 1 is 1.45 bits per heavy atom. The molecule has 2 aromatic heterocycles. The zero-order valence-electron chi connectivity index (χ0n) is 12.5. The number of pyridine rings is 1. The van der Waals surface area contributed by atoms with Crippen molar-refractivity contribution in [2.24, 2.45) is 5.92 Å². The number of likely N-dealkylation sites (tertiary alicyclic amines) is 1. The van der Waals surface area contributed by atoms with E-state index >= 15 is 0 Å². The molecule has 0 aliphatic carbocycles. The third kappa shape index (κ3) is 3.18. The molecule has 0 bridgehead atoms. The first-order valence-corrected chi connectivity index (χ1v) is 8.31. The van der Waals surface area contributed by atoms with Crippen LogP contribution in [0.15, 0.2) is 30.6 Å². The first-order chi connectivity index (χ1) is 10.6. The fourth-order valence-electron chi connectivity index (χ4n) is 2.72. The predicted octanol–water partition coefficient (Wildman–Crippen LogP) is 2.44. The molecule has 2 atom stereocenters. The molecule has 0 saturated carbocycles. The van der Waals surface area contributed by atoms with E-state index in [1.807, 2.05) is 23.1 Å². The van der Waals surface area contributed by atoms with Crippen molar-refractivity contribution < 1.29 is 9.90 Å². The predicted molar refractivity (Wildman–Crippen MR) is 85.7 cm³/mol. The van der Waals surface area contributed by atoms with Crippen LogP contribution >= 0.6 is 11.3 Å². The Kier molecular flexibility index (Phi) is 4.49. The van der Waals surface area contributed by atoms with Crippen molar-refractivity contribution in [1.29, 1.82) is 0 Å². The Morgan fingerprint density at radius 3 is 3.05 bits per heavy atom. The Balaban J connectivity index is 1.74. The molecule has 2 aromatic rings. The van der Waals surface area contributed by atoms with Crippen molar-refractivity contribution in [1.82, 2.24) is 14.9 Å². The number of aliphatic hydroxyl groups excluding tert-OH is 1. The lowest BCUT2D eigenvalue weighted by Crippen LogP contribution is -2.42. The number of hydrogen-bond acceptors (Lipinski definition) is 5. The molecule has 2 unspecified atom stereocenters. The first-order valence-electron chi connectivity index (χ1n) is 7.49. The number of carbonyl (C=O) groups is 1. The summed E-state index contributed by atoms with van der Waals surface area (Å²) in [5.41, 5.74) is 0.784. The van der Waals surface area contributed by atoms with Crippen molar-refractivity contribution in [2.45, 2.75) is 25.9 Å². The molecule has 1 N–H and O–H groups in total. The molecule has 116 valence electrons. The highest BCUT2D eigenvalue weighted by Crippen LogP contribution is 2.26. The molecular formula is C16H19N3O2S. The minimum atomic E-state index is -0.374. The van der Waals surface area contributed by atoms with Gasteiger partial charge in [0.1, 0.15) is 9.88 Å². The van der Waals surface area contributed by atoms with Crippen molar-refractivity contribution in [3.63, 3.8) is 0 Å². The average Bonchev–Trinajstić information content (AvgIpc) is 3.05. The average molecular weight is 317 g/mol. The number of amides is 1. The SMILES string of the molecule is CC(O)C1CCCN(C(=O)c2cnc(-c3ccccn3)s2)C1. The number of nitrogens with zero attached hydrogens (tertiary/aromatic N) is 3. The molecule has 1 amide bonds. The lowest BCUT2D eigenvalue weighted by Gasteiger charge is -2.33. The van der Waals surface area contributed by atoms with Gasteiger partial charge in [-0.25, -0.2) is 4.98 Å². The van der Waals surface area contributed by atoms with Crippen LogP contribution < -0.4 is 0 Å². The molecule has 6 heteroatoms. The largest absolute Gasteiger partial charge is 0.393 e. The summed E-state index contributed by atoms with van der Waals surface area (Å²) in [5, 5.41) is 10.5. The van der Waals surface area contributed by atoms with Gasteiger partial charge in [0.2, 0.25) is 0 Å². The van der Waals surface area contributed by atoms with Crippen molar-refractivity contribution in [3.05, 3.63) is 35.5 Å². The van der Waals surface area contributed by atoms with Crippen LogP contribution in [0.1, 0.15) is 29.4 Å². The van der Waals surface area contributed by atoms with Crippen LogP contribution in [0.2, 0.25) is 0 Å². The van der Waals surface area contributed by atoms with Gasteiger partial charge >= 0.3 is 0 Å². The van der Waals surface area contributed by atoms with Crippen molar-refractivity contribution in [3.8, 4) is 10.7 Å². The summed E-state index contributed by atoms with van der Waals surface area (Å²) in [6, 6.07) is 5.65. The van der Waals surface area contributed by atoms with Gasteiger partial charge in [-0.1, -0.05) is 6.07 Å². The summed E-state index contributed by atoms with van der Waals surface area (Å²) in [5.74, 6) is 0.172. The maximum absolute atomic E-state index is 12.6. The van der Waals surface area contributed by atoms with Crippen LogP contribution in [-0.4, -0.2) is 45.1 Å². The second-order valence-corrected chi connectivity index (χ2v) is 6.67. The van der Waals surface area contributed by atoms with Crippen LogP contribution in [0.25, 0.3) is 10.7 Å². The van der Waals surface area contributed by atoms with Crippen LogP contribution in [-0.2, 0) is 0 Å². The highest BCUT2D eigenvalue weighted by molar-refractivity contribution is 7.16. The van der Waals surface area contributed by atoms with Crippen LogP contribution in [0, 0.1) is 5.92 Å². The standard InChI is InChI=1S/C16H19N3O2S/c1-11(20)12-5-4-8-19(10-12)16(21)14-9-18-15(22-14)13-6-2-3-7-17-13/h2-3,6-7,9,11-12,20H,4-5,8,10H2,1H3. The number of carbonyl (C=O) groups excluding carboxylic acids is 1. The van der Waals surface area contributed by atoms with Crippen LogP contribution in [0.4, 0.5) is 0 Å². The Morgan fingerprint density at radius 2 is 2.32 bits per heavy atom. The van der Waals surface area contributed by atoms with E-state index in [4.69, 9.17) is 0 Å². The van der Waals surface area contributed by atoms with Crippen molar-refractivity contribution >= 4 is 17.2 Å². The van der Waals surface area contributed by atoms with E-state index in [1.54, 1.807) is 19.3 Å². The molecule has 1 fully saturated rings. The molecular weight excluding hydrogens is 298 g/mol. The quantitative estimate of drug-likeness (QED) is 0.944. The number of hydrogen-bond donors (Lipinski definition) is 1. The van der Waals surface area contributed by atoms with Crippen LogP contribution in [0.5, 0.6) is 0 Å². The van der Waals surface area contributed by atoms with Crippen LogP contribution in [0.3, 0.4) is 0 Å². The summed E-state index contributed by atoms with van der Waals surface area (Å²) >= 11 is 1.37. The third-order valence-electron chi connectivity index (χ3n) is 4.03. The topological polar surface area (TPSA) is 66.3 Å². The lowest BCUT2D eigenvalue weighted by atomic mass is 9.93. The summed E-state index contributed by atoms with van der Waals surface area (Å²) < 4.78 is 0. The monoisotopic (exact) mass is 317 g/mol. The van der Waals surface area contributed by atoms with E-state index in [2.05, 4.69) is 9.97 Å². The van der Waals surface area contributed by atoms with E-state index in [1.165, 1.54) is 11.3 Å².